The van der Waals surface area contributed by atoms with Gasteiger partial charge >= 0.3 is 0 Å². The molecule has 4 heteroatoms. The standard InChI is InChI=1S/C15H16ClNO2/c1-9-2-7-12-13(8-9)15(19)17(14(12)18)11-5-3-10(16)4-6-11/h3-6,9,12-13H,2,7-8H2,1H3/t9-,12-,13+/m0/s1. The SMILES string of the molecule is C[C@H]1CC[C@@H]2C(=O)N(c3ccc(Cl)cc3)C(=O)[C@@H]2C1. The topological polar surface area (TPSA) is 37.4 Å². The fourth-order valence-electron chi connectivity index (χ4n) is 3.23. The Morgan fingerprint density at radius 2 is 1.68 bits per heavy atom. The van der Waals surface area contributed by atoms with Gasteiger partial charge in [-0.1, -0.05) is 18.5 Å². The van der Waals surface area contributed by atoms with E-state index in [1.807, 2.05) is 0 Å². The third-order valence-electron chi connectivity index (χ3n) is 4.27. The summed E-state index contributed by atoms with van der Waals surface area (Å²) in [6.07, 6.45) is 2.70. The molecule has 1 aliphatic heterocycles. The number of halogens is 1. The molecule has 2 aliphatic rings. The highest BCUT2D eigenvalue weighted by Gasteiger charge is 2.49. The Hall–Kier alpha value is -1.35. The second kappa shape index (κ2) is 4.64. The van der Waals surface area contributed by atoms with Gasteiger partial charge in [0.25, 0.3) is 0 Å². The predicted octanol–water partition coefficient (Wildman–Crippen LogP) is 3.27. The van der Waals surface area contributed by atoms with E-state index < -0.39 is 0 Å². The summed E-state index contributed by atoms with van der Waals surface area (Å²) in [6, 6.07) is 6.89. The van der Waals surface area contributed by atoms with Gasteiger partial charge in [-0.15, -0.1) is 0 Å². The van der Waals surface area contributed by atoms with Crippen molar-refractivity contribution >= 4 is 29.1 Å². The summed E-state index contributed by atoms with van der Waals surface area (Å²) >= 11 is 5.84. The van der Waals surface area contributed by atoms with Crippen LogP contribution in [0.25, 0.3) is 0 Å². The van der Waals surface area contributed by atoms with Crippen LogP contribution in [0.15, 0.2) is 24.3 Å². The molecule has 1 saturated carbocycles. The van der Waals surface area contributed by atoms with Gasteiger partial charge in [-0.3, -0.25) is 14.5 Å². The number of hydrogen-bond acceptors (Lipinski definition) is 2. The quantitative estimate of drug-likeness (QED) is 0.739. The van der Waals surface area contributed by atoms with Gasteiger partial charge < -0.3 is 0 Å². The number of fused-ring (bicyclic) bond motifs is 1. The number of nitrogens with zero attached hydrogens (tertiary/aromatic N) is 1. The van der Waals surface area contributed by atoms with Crippen LogP contribution >= 0.6 is 11.6 Å². The van der Waals surface area contributed by atoms with Crippen molar-refractivity contribution in [3.05, 3.63) is 29.3 Å². The molecular weight excluding hydrogens is 262 g/mol. The van der Waals surface area contributed by atoms with E-state index in [2.05, 4.69) is 6.92 Å². The van der Waals surface area contributed by atoms with Crippen molar-refractivity contribution in [2.75, 3.05) is 4.90 Å². The van der Waals surface area contributed by atoms with Crippen LogP contribution in [0.5, 0.6) is 0 Å². The zero-order chi connectivity index (χ0) is 13.6. The molecule has 0 N–H and O–H groups in total. The van der Waals surface area contributed by atoms with Crippen molar-refractivity contribution in [1.29, 1.82) is 0 Å². The maximum Gasteiger partial charge on any atom is 0.237 e. The molecule has 100 valence electrons. The van der Waals surface area contributed by atoms with Crippen molar-refractivity contribution < 1.29 is 9.59 Å². The van der Waals surface area contributed by atoms with Crippen molar-refractivity contribution in [3.63, 3.8) is 0 Å². The molecule has 0 radical (unpaired) electrons. The number of imide groups is 1. The largest absolute Gasteiger partial charge is 0.274 e. The normalized spacial score (nSPS) is 30.6. The maximum atomic E-state index is 12.5. The molecule has 1 aromatic carbocycles. The van der Waals surface area contributed by atoms with Crippen molar-refractivity contribution in [1.82, 2.24) is 0 Å². The minimum Gasteiger partial charge on any atom is -0.274 e. The highest BCUT2D eigenvalue weighted by atomic mass is 35.5. The number of amides is 2. The van der Waals surface area contributed by atoms with Crippen LogP contribution < -0.4 is 4.90 Å². The van der Waals surface area contributed by atoms with Gasteiger partial charge in [-0.25, -0.2) is 0 Å². The number of carbonyl (C=O) groups excluding carboxylic acids is 2. The van der Waals surface area contributed by atoms with E-state index in [0.29, 0.717) is 16.6 Å². The van der Waals surface area contributed by atoms with E-state index >= 15 is 0 Å². The van der Waals surface area contributed by atoms with Gasteiger partial charge in [0.1, 0.15) is 0 Å². The Morgan fingerprint density at radius 3 is 2.37 bits per heavy atom. The minimum atomic E-state index is -0.119. The minimum absolute atomic E-state index is 0.0378. The Balaban J connectivity index is 1.93. The second-order valence-corrected chi connectivity index (χ2v) is 6.06. The molecular formula is C15H16ClNO2. The number of carbonyl (C=O) groups is 2. The van der Waals surface area contributed by atoms with Crippen LogP contribution in [0.3, 0.4) is 0 Å². The Morgan fingerprint density at radius 1 is 1.05 bits per heavy atom. The van der Waals surface area contributed by atoms with E-state index in [9.17, 15) is 9.59 Å². The first-order valence-corrected chi connectivity index (χ1v) is 7.09. The lowest BCUT2D eigenvalue weighted by molar-refractivity contribution is -0.122. The van der Waals surface area contributed by atoms with Crippen LogP contribution in [0.2, 0.25) is 5.02 Å². The molecule has 1 aromatic rings. The van der Waals surface area contributed by atoms with Crippen molar-refractivity contribution in [2.45, 2.75) is 26.2 Å². The van der Waals surface area contributed by atoms with Crippen molar-refractivity contribution in [3.8, 4) is 0 Å². The lowest BCUT2D eigenvalue weighted by atomic mass is 9.76. The van der Waals surface area contributed by atoms with E-state index in [1.165, 1.54) is 4.90 Å². The van der Waals surface area contributed by atoms with Crippen LogP contribution in [0.1, 0.15) is 26.2 Å². The Bertz CT molecular complexity index is 525. The van der Waals surface area contributed by atoms with Gasteiger partial charge in [-0.05, 0) is 49.4 Å². The molecule has 3 rings (SSSR count). The average Bonchev–Trinajstić information content (AvgIpc) is 2.63. The zero-order valence-electron chi connectivity index (χ0n) is 10.8. The van der Waals surface area contributed by atoms with Gasteiger partial charge in [0, 0.05) is 5.02 Å². The molecule has 1 aliphatic carbocycles. The van der Waals surface area contributed by atoms with Gasteiger partial charge in [0.05, 0.1) is 17.5 Å². The van der Waals surface area contributed by atoms with Gasteiger partial charge in [0.15, 0.2) is 0 Å². The van der Waals surface area contributed by atoms with E-state index in [4.69, 9.17) is 11.6 Å². The van der Waals surface area contributed by atoms with Gasteiger partial charge in [-0.2, -0.15) is 0 Å². The number of benzene rings is 1. The first kappa shape index (κ1) is 12.7. The average molecular weight is 278 g/mol. The predicted molar refractivity (Wildman–Crippen MR) is 73.9 cm³/mol. The van der Waals surface area contributed by atoms with Gasteiger partial charge in [0.2, 0.25) is 11.8 Å². The monoisotopic (exact) mass is 277 g/mol. The molecule has 2 amide bonds. The van der Waals surface area contributed by atoms with Crippen LogP contribution in [-0.2, 0) is 9.59 Å². The summed E-state index contributed by atoms with van der Waals surface area (Å²) in [6.45, 7) is 2.15. The summed E-state index contributed by atoms with van der Waals surface area (Å²) in [4.78, 5) is 26.2. The van der Waals surface area contributed by atoms with E-state index in [0.717, 1.165) is 19.3 Å². The fraction of sp³-hybridized carbons (Fsp3) is 0.467. The summed E-state index contributed by atoms with van der Waals surface area (Å²) < 4.78 is 0. The molecule has 1 saturated heterocycles. The summed E-state index contributed by atoms with van der Waals surface area (Å²) in [5.41, 5.74) is 0.640. The van der Waals surface area contributed by atoms with E-state index in [1.54, 1.807) is 24.3 Å². The van der Waals surface area contributed by atoms with Crippen LogP contribution in [0.4, 0.5) is 5.69 Å². The lowest BCUT2D eigenvalue weighted by Crippen LogP contribution is -2.30. The molecule has 19 heavy (non-hydrogen) atoms. The maximum absolute atomic E-state index is 12.5. The number of hydrogen-bond donors (Lipinski definition) is 0. The Kier molecular flexibility index (Phi) is 3.09. The first-order valence-electron chi connectivity index (χ1n) is 6.71. The van der Waals surface area contributed by atoms with Crippen LogP contribution in [-0.4, -0.2) is 11.8 Å². The summed E-state index contributed by atoms with van der Waals surface area (Å²) in [5.74, 6) is 0.225. The molecule has 0 bridgehead atoms. The lowest BCUT2D eigenvalue weighted by Gasteiger charge is -2.25. The van der Waals surface area contributed by atoms with E-state index in [-0.39, 0.29) is 23.7 Å². The molecule has 2 fully saturated rings. The highest BCUT2D eigenvalue weighted by molar-refractivity contribution is 6.30. The third-order valence-corrected chi connectivity index (χ3v) is 4.52. The molecule has 0 spiro atoms. The molecule has 1 heterocycles. The summed E-state index contributed by atoms with van der Waals surface area (Å²) in [5, 5.41) is 0.605. The fourth-order valence-corrected chi connectivity index (χ4v) is 3.36. The molecule has 3 atom stereocenters. The Labute approximate surface area is 117 Å². The van der Waals surface area contributed by atoms with Crippen molar-refractivity contribution in [2.24, 2.45) is 17.8 Å². The third kappa shape index (κ3) is 2.06. The zero-order valence-corrected chi connectivity index (χ0v) is 11.6. The second-order valence-electron chi connectivity index (χ2n) is 5.62. The number of rotatable bonds is 1. The number of anilines is 1. The van der Waals surface area contributed by atoms with Crippen LogP contribution in [0, 0.1) is 17.8 Å². The smallest absolute Gasteiger partial charge is 0.237 e. The molecule has 3 nitrogen and oxygen atoms in total. The molecule has 0 aromatic heterocycles. The highest BCUT2D eigenvalue weighted by Crippen LogP contribution is 2.42. The first-order chi connectivity index (χ1) is 9.08. The summed E-state index contributed by atoms with van der Waals surface area (Å²) in [7, 11) is 0. The molecule has 0 unspecified atom stereocenters.